The predicted molar refractivity (Wildman–Crippen MR) is 67.0 cm³/mol. The van der Waals surface area contributed by atoms with E-state index < -0.39 is 9.84 Å². The minimum atomic E-state index is -2.87. The average Bonchev–Trinajstić information content (AvgIpc) is 2.61. The third-order valence-electron chi connectivity index (χ3n) is 2.77. The van der Waals surface area contributed by atoms with Gasteiger partial charge in [0, 0.05) is 24.8 Å². The summed E-state index contributed by atoms with van der Waals surface area (Å²) in [7, 11) is -1.12. The van der Waals surface area contributed by atoms with Gasteiger partial charge in [0.2, 0.25) is 5.95 Å². The van der Waals surface area contributed by atoms with Crippen LogP contribution in [0.1, 0.15) is 12.0 Å². The molecule has 2 N–H and O–H groups in total. The normalized spacial score (nSPS) is 22.4. The second kappa shape index (κ2) is 4.48. The number of aryl methyl sites for hydroxylation is 1. The van der Waals surface area contributed by atoms with Gasteiger partial charge in [-0.05, 0) is 13.3 Å². The number of hydrogen-bond acceptors (Lipinski definition) is 6. The Morgan fingerprint density at radius 3 is 2.82 bits per heavy atom. The van der Waals surface area contributed by atoms with Gasteiger partial charge in [0.15, 0.2) is 9.84 Å². The Balaban J connectivity index is 2.13. The minimum Gasteiger partial charge on any atom is -0.366 e. The van der Waals surface area contributed by atoms with Crippen LogP contribution in [-0.4, -0.2) is 43.0 Å². The van der Waals surface area contributed by atoms with Crippen LogP contribution >= 0.6 is 0 Å². The summed E-state index contributed by atoms with van der Waals surface area (Å²) in [4.78, 5) is 8.35. The van der Waals surface area contributed by atoms with Crippen LogP contribution in [0.15, 0.2) is 6.20 Å². The van der Waals surface area contributed by atoms with E-state index in [2.05, 4.69) is 20.6 Å². The van der Waals surface area contributed by atoms with Gasteiger partial charge in [-0.15, -0.1) is 0 Å². The number of anilines is 2. The van der Waals surface area contributed by atoms with Gasteiger partial charge in [0.25, 0.3) is 0 Å². The maximum absolute atomic E-state index is 11.4. The van der Waals surface area contributed by atoms with Crippen molar-refractivity contribution in [1.82, 2.24) is 9.97 Å². The van der Waals surface area contributed by atoms with E-state index in [1.807, 2.05) is 6.92 Å². The fourth-order valence-corrected chi connectivity index (χ4v) is 3.48. The number of aromatic nitrogens is 2. The van der Waals surface area contributed by atoms with Gasteiger partial charge in [-0.2, -0.15) is 4.98 Å². The Hall–Kier alpha value is -1.37. The van der Waals surface area contributed by atoms with Crippen molar-refractivity contribution >= 4 is 21.6 Å². The summed E-state index contributed by atoms with van der Waals surface area (Å²) in [5.41, 5.74) is 0.910. The molecule has 1 aliphatic rings. The highest BCUT2D eigenvalue weighted by atomic mass is 32.2. The van der Waals surface area contributed by atoms with E-state index in [9.17, 15) is 8.42 Å². The van der Waals surface area contributed by atoms with E-state index in [1.54, 1.807) is 13.2 Å². The Bertz CT molecular complexity index is 515. The molecule has 2 heterocycles. The predicted octanol–water partition coefficient (Wildman–Crippen LogP) is 0.426. The highest BCUT2D eigenvalue weighted by molar-refractivity contribution is 7.91. The molecule has 0 radical (unpaired) electrons. The molecule has 1 unspecified atom stereocenters. The largest absolute Gasteiger partial charge is 0.366 e. The summed E-state index contributed by atoms with van der Waals surface area (Å²) in [5, 5.41) is 6.02. The molecule has 0 saturated carbocycles. The third-order valence-corrected chi connectivity index (χ3v) is 4.54. The first-order valence-electron chi connectivity index (χ1n) is 5.48. The van der Waals surface area contributed by atoms with Crippen molar-refractivity contribution < 1.29 is 8.42 Å². The van der Waals surface area contributed by atoms with Crippen molar-refractivity contribution in [2.45, 2.75) is 19.4 Å². The highest BCUT2D eigenvalue weighted by Gasteiger charge is 2.28. The number of sulfone groups is 1. The van der Waals surface area contributed by atoms with E-state index in [1.165, 1.54) is 0 Å². The molecule has 0 spiro atoms. The van der Waals surface area contributed by atoms with Crippen LogP contribution in [-0.2, 0) is 9.84 Å². The lowest BCUT2D eigenvalue weighted by Crippen LogP contribution is -2.22. The number of rotatable bonds is 3. The zero-order valence-electron chi connectivity index (χ0n) is 9.90. The highest BCUT2D eigenvalue weighted by Crippen LogP contribution is 2.19. The summed E-state index contributed by atoms with van der Waals surface area (Å²) >= 11 is 0. The SMILES string of the molecule is CNc1ncc(C)c(NC2CCS(=O)(=O)C2)n1. The third kappa shape index (κ3) is 2.85. The van der Waals surface area contributed by atoms with Gasteiger partial charge >= 0.3 is 0 Å². The molecule has 0 aromatic carbocycles. The molecule has 17 heavy (non-hydrogen) atoms. The molecule has 1 saturated heterocycles. The van der Waals surface area contributed by atoms with Gasteiger partial charge in [-0.25, -0.2) is 13.4 Å². The van der Waals surface area contributed by atoms with Crippen LogP contribution in [0.5, 0.6) is 0 Å². The second-order valence-corrected chi connectivity index (χ2v) is 6.45. The van der Waals surface area contributed by atoms with Crippen molar-refractivity contribution in [2.24, 2.45) is 0 Å². The monoisotopic (exact) mass is 256 g/mol. The van der Waals surface area contributed by atoms with Crippen LogP contribution in [0.25, 0.3) is 0 Å². The zero-order chi connectivity index (χ0) is 12.5. The van der Waals surface area contributed by atoms with Crippen molar-refractivity contribution in [3.8, 4) is 0 Å². The van der Waals surface area contributed by atoms with Crippen LogP contribution in [0.4, 0.5) is 11.8 Å². The van der Waals surface area contributed by atoms with Gasteiger partial charge < -0.3 is 10.6 Å². The van der Waals surface area contributed by atoms with Crippen molar-refractivity contribution in [2.75, 3.05) is 29.2 Å². The quantitative estimate of drug-likeness (QED) is 0.815. The lowest BCUT2D eigenvalue weighted by atomic mass is 10.2. The molecule has 1 aliphatic heterocycles. The summed E-state index contributed by atoms with van der Waals surface area (Å²) < 4.78 is 22.7. The molecule has 94 valence electrons. The fourth-order valence-electron chi connectivity index (χ4n) is 1.81. The molecule has 1 aromatic rings. The van der Waals surface area contributed by atoms with Crippen molar-refractivity contribution in [3.05, 3.63) is 11.8 Å². The van der Waals surface area contributed by atoms with Gasteiger partial charge in [-0.3, -0.25) is 0 Å². The van der Waals surface area contributed by atoms with Crippen molar-refractivity contribution in [3.63, 3.8) is 0 Å². The van der Waals surface area contributed by atoms with Gasteiger partial charge in [0.05, 0.1) is 11.5 Å². The molecule has 0 aliphatic carbocycles. The summed E-state index contributed by atoms with van der Waals surface area (Å²) in [5.74, 6) is 1.67. The van der Waals surface area contributed by atoms with E-state index in [0.29, 0.717) is 18.2 Å². The molecular weight excluding hydrogens is 240 g/mol. The summed E-state index contributed by atoms with van der Waals surface area (Å²) in [6.07, 6.45) is 2.35. The first-order valence-corrected chi connectivity index (χ1v) is 7.30. The smallest absolute Gasteiger partial charge is 0.224 e. The topological polar surface area (TPSA) is 84.0 Å². The standard InChI is InChI=1S/C10H16N4O2S/c1-7-5-12-10(11-2)14-9(7)13-8-3-4-17(15,16)6-8/h5,8H,3-4,6H2,1-2H3,(H2,11,12,13,14). The second-order valence-electron chi connectivity index (χ2n) is 4.22. The van der Waals surface area contributed by atoms with Crippen LogP contribution in [0.2, 0.25) is 0 Å². The number of nitrogens with zero attached hydrogens (tertiary/aromatic N) is 2. The Morgan fingerprint density at radius 2 is 2.24 bits per heavy atom. The first-order chi connectivity index (χ1) is 8.00. The van der Waals surface area contributed by atoms with Crippen molar-refractivity contribution in [1.29, 1.82) is 0 Å². The first kappa shape index (κ1) is 12.1. The Morgan fingerprint density at radius 1 is 1.47 bits per heavy atom. The Labute approximate surface area is 101 Å². The molecule has 0 bridgehead atoms. The number of hydrogen-bond donors (Lipinski definition) is 2. The summed E-state index contributed by atoms with van der Waals surface area (Å²) in [6, 6.07) is -0.0432. The van der Waals surface area contributed by atoms with Crippen LogP contribution in [0, 0.1) is 6.92 Å². The molecule has 7 heteroatoms. The molecule has 6 nitrogen and oxygen atoms in total. The van der Waals surface area contributed by atoms with E-state index in [0.717, 1.165) is 5.56 Å². The lowest BCUT2D eigenvalue weighted by Gasteiger charge is -2.14. The molecule has 1 atom stereocenters. The fraction of sp³-hybridized carbons (Fsp3) is 0.600. The Kier molecular flexibility index (Phi) is 3.19. The molecular formula is C10H16N4O2S. The maximum Gasteiger partial charge on any atom is 0.224 e. The average molecular weight is 256 g/mol. The molecule has 2 rings (SSSR count). The van der Waals surface area contributed by atoms with Crippen LogP contribution < -0.4 is 10.6 Å². The minimum absolute atomic E-state index is 0.0432. The lowest BCUT2D eigenvalue weighted by molar-refractivity contribution is 0.602. The van der Waals surface area contributed by atoms with E-state index >= 15 is 0 Å². The van der Waals surface area contributed by atoms with Gasteiger partial charge in [0.1, 0.15) is 5.82 Å². The van der Waals surface area contributed by atoms with Crippen LogP contribution in [0.3, 0.4) is 0 Å². The number of nitrogens with one attached hydrogen (secondary N) is 2. The molecule has 1 aromatic heterocycles. The van der Waals surface area contributed by atoms with E-state index in [4.69, 9.17) is 0 Å². The van der Waals surface area contributed by atoms with Gasteiger partial charge in [-0.1, -0.05) is 0 Å². The maximum atomic E-state index is 11.4. The molecule has 1 fully saturated rings. The van der Waals surface area contributed by atoms with E-state index in [-0.39, 0.29) is 17.5 Å². The summed E-state index contributed by atoms with van der Waals surface area (Å²) in [6.45, 7) is 1.89. The zero-order valence-corrected chi connectivity index (χ0v) is 10.7. The molecule has 0 amide bonds.